The van der Waals surface area contributed by atoms with Gasteiger partial charge in [0.15, 0.2) is 0 Å². The van der Waals surface area contributed by atoms with E-state index < -0.39 is 0 Å². The number of nitrogens with one attached hydrogen (secondary N) is 1. The molecular weight excluding hydrogens is 923 g/mol. The summed E-state index contributed by atoms with van der Waals surface area (Å²) in [5, 5.41) is 12.4. The van der Waals surface area contributed by atoms with Crippen LogP contribution in [0.2, 0.25) is 0 Å². The van der Waals surface area contributed by atoms with Crippen molar-refractivity contribution in [2.45, 2.75) is 0 Å². The van der Waals surface area contributed by atoms with Crippen LogP contribution in [0.15, 0.2) is 261 Å². The molecule has 0 radical (unpaired) electrons. The predicted octanol–water partition coefficient (Wildman–Crippen LogP) is 18.4. The minimum Gasteiger partial charge on any atom is -0.379 e. The molecule has 0 atom stereocenters. The van der Waals surface area contributed by atoms with Crippen molar-refractivity contribution < 1.29 is 0 Å². The Kier molecular flexibility index (Phi) is 9.33. The molecule has 1 aliphatic heterocycles. The molecule has 0 bridgehead atoms. The van der Waals surface area contributed by atoms with Crippen molar-refractivity contribution >= 4 is 88.1 Å². The van der Waals surface area contributed by atoms with Crippen LogP contribution in [0.1, 0.15) is 5.69 Å². The van der Waals surface area contributed by atoms with Crippen molar-refractivity contribution in [2.24, 2.45) is 0 Å². The minimum absolute atomic E-state index is 0.814. The Bertz CT molecular complexity index is 4840. The van der Waals surface area contributed by atoms with Gasteiger partial charge in [0, 0.05) is 67.0 Å². The molecule has 0 spiro atoms. The Balaban J connectivity index is 0.772. The largest absolute Gasteiger partial charge is 0.379 e. The number of para-hydroxylation sites is 5. The minimum atomic E-state index is 0.814. The molecule has 0 fully saturated rings. The summed E-state index contributed by atoms with van der Waals surface area (Å²) in [6.45, 7) is 0.814. The van der Waals surface area contributed by atoms with E-state index in [2.05, 4.69) is 291 Å². The lowest BCUT2D eigenvalue weighted by molar-refractivity contribution is 1.10. The number of anilines is 1. The molecule has 5 nitrogen and oxygen atoms in total. The highest BCUT2D eigenvalue weighted by Gasteiger charge is 2.21. The molecule has 11 aromatic carbocycles. The van der Waals surface area contributed by atoms with Gasteiger partial charge in [-0.2, -0.15) is 0 Å². The Morgan fingerprint density at radius 2 is 0.605 bits per heavy atom. The van der Waals surface area contributed by atoms with E-state index >= 15 is 0 Å². The average molecular weight is 970 g/mol. The van der Waals surface area contributed by atoms with Gasteiger partial charge in [-0.05, 0) is 155 Å². The third-order valence-electron chi connectivity index (χ3n) is 16.0. The molecule has 1 N–H and O–H groups in total. The molecule has 356 valence electrons. The molecule has 16 rings (SSSR count). The van der Waals surface area contributed by atoms with E-state index in [0.717, 1.165) is 23.6 Å². The Morgan fingerprint density at radius 1 is 0.250 bits per heavy atom. The van der Waals surface area contributed by atoms with Crippen molar-refractivity contribution in [3.63, 3.8) is 0 Å². The van der Waals surface area contributed by atoms with E-state index in [-0.39, 0.29) is 0 Å². The number of benzene rings is 11. The number of rotatable bonds is 7. The third-order valence-corrected chi connectivity index (χ3v) is 16.0. The summed E-state index contributed by atoms with van der Waals surface area (Å²) in [7, 11) is 0. The van der Waals surface area contributed by atoms with Gasteiger partial charge in [0.2, 0.25) is 0 Å². The Morgan fingerprint density at radius 3 is 1.12 bits per heavy atom. The van der Waals surface area contributed by atoms with E-state index in [9.17, 15) is 0 Å². The number of hydrogen-bond donors (Lipinski definition) is 1. The third kappa shape index (κ3) is 6.46. The van der Waals surface area contributed by atoms with E-state index in [1.54, 1.807) is 0 Å². The topological polar surface area (TPSA) is 31.8 Å². The molecule has 0 unspecified atom stereocenters. The summed E-state index contributed by atoms with van der Waals surface area (Å²) >= 11 is 0. The number of hydrogen-bond acceptors (Lipinski definition) is 1. The summed E-state index contributed by atoms with van der Waals surface area (Å²) in [5.41, 5.74) is 22.5. The standard InChI is InChI=1S/C71H47N5/c1-4-15-52(16-5-1)73-63-23-12-10-21-56(63)59-41-47(29-36-65(59)73)48-30-37-66-60(42-48)57-22-11-13-24-64(57)74(66)55-33-26-46(27-34-55)51-28-35-58-61-43-49(31-38-67(61)76(70(58)45-51)54-19-8-3-9-20-54)50-32-39-68-62(44-50)71-69(25-14-40-72-71)75(68)53-17-6-2-7-18-53/h1-39,41-45,72H,40H2. The maximum absolute atomic E-state index is 3.70. The van der Waals surface area contributed by atoms with E-state index in [4.69, 9.17) is 0 Å². The van der Waals surface area contributed by atoms with Gasteiger partial charge >= 0.3 is 0 Å². The molecule has 0 saturated carbocycles. The summed E-state index contributed by atoms with van der Waals surface area (Å²) in [5.74, 6) is 0. The molecule has 0 aliphatic carbocycles. The lowest BCUT2D eigenvalue weighted by Crippen LogP contribution is -2.05. The molecule has 15 aromatic rings. The second-order valence-corrected chi connectivity index (χ2v) is 20.1. The van der Waals surface area contributed by atoms with Crippen molar-refractivity contribution in [1.29, 1.82) is 0 Å². The van der Waals surface area contributed by atoms with Crippen LogP contribution in [0, 0.1) is 0 Å². The normalized spacial score (nSPS) is 12.5. The molecule has 5 heteroatoms. The monoisotopic (exact) mass is 969 g/mol. The second-order valence-electron chi connectivity index (χ2n) is 20.1. The first-order valence-corrected chi connectivity index (χ1v) is 26.2. The highest BCUT2D eigenvalue weighted by molar-refractivity contribution is 6.14. The van der Waals surface area contributed by atoms with Crippen molar-refractivity contribution in [3.8, 4) is 56.1 Å². The van der Waals surface area contributed by atoms with Crippen LogP contribution < -0.4 is 5.32 Å². The highest BCUT2D eigenvalue weighted by atomic mass is 15.0. The summed E-state index contributed by atoms with van der Waals surface area (Å²) in [6, 6.07) is 93.6. The van der Waals surface area contributed by atoms with Gasteiger partial charge in [-0.3, -0.25) is 0 Å². The van der Waals surface area contributed by atoms with Crippen LogP contribution >= 0.6 is 0 Å². The SMILES string of the molecule is C1=Cc2c(c3cc(-c4ccc5c(c4)c4ccc(-c6ccc(-n7c8ccccc8c8cc(-c9ccc%10c(c9)c9ccccc9n%10-c9ccccc9)ccc87)cc6)cc4n5-c4ccccc4)ccc3n2-c2ccccc2)NC1. The average Bonchev–Trinajstić information content (AvgIpc) is 4.29. The van der Waals surface area contributed by atoms with Crippen LogP contribution in [0.3, 0.4) is 0 Å². The first-order chi connectivity index (χ1) is 37.7. The fraction of sp³-hybridized carbons (Fsp3) is 0.0141. The molecule has 1 aliphatic rings. The van der Waals surface area contributed by atoms with Crippen LogP contribution in [-0.2, 0) is 0 Å². The first kappa shape index (κ1) is 42.4. The smallest absolute Gasteiger partial charge is 0.0698 e. The van der Waals surface area contributed by atoms with Crippen LogP contribution in [-0.4, -0.2) is 24.8 Å². The zero-order valence-electron chi connectivity index (χ0n) is 41.4. The fourth-order valence-electron chi connectivity index (χ4n) is 12.5. The first-order valence-electron chi connectivity index (χ1n) is 26.2. The number of nitrogens with zero attached hydrogens (tertiary/aromatic N) is 4. The maximum Gasteiger partial charge on any atom is 0.0698 e. The lowest BCUT2D eigenvalue weighted by Gasteiger charge is -2.12. The molecule has 76 heavy (non-hydrogen) atoms. The summed E-state index contributed by atoms with van der Waals surface area (Å²) in [4.78, 5) is 0. The molecule has 0 amide bonds. The van der Waals surface area contributed by atoms with Crippen LogP contribution in [0.5, 0.6) is 0 Å². The Hall–Kier alpha value is -10.1. The van der Waals surface area contributed by atoms with Crippen molar-refractivity contribution in [1.82, 2.24) is 18.3 Å². The van der Waals surface area contributed by atoms with Crippen molar-refractivity contribution in [2.75, 3.05) is 11.9 Å². The number of aromatic nitrogens is 4. The van der Waals surface area contributed by atoms with Gasteiger partial charge in [-0.25, -0.2) is 0 Å². The van der Waals surface area contributed by atoms with E-state index in [1.165, 1.54) is 127 Å². The fourth-order valence-corrected chi connectivity index (χ4v) is 12.5. The van der Waals surface area contributed by atoms with E-state index in [0.29, 0.717) is 0 Å². The van der Waals surface area contributed by atoms with Gasteiger partial charge in [-0.15, -0.1) is 0 Å². The highest BCUT2D eigenvalue weighted by Crippen LogP contribution is 2.43. The van der Waals surface area contributed by atoms with Gasteiger partial charge in [-0.1, -0.05) is 146 Å². The molecular formula is C71H47N5. The number of fused-ring (bicyclic) bond motifs is 12. The van der Waals surface area contributed by atoms with E-state index in [1.807, 2.05) is 0 Å². The zero-order valence-corrected chi connectivity index (χ0v) is 41.4. The second kappa shape index (κ2) is 16.7. The van der Waals surface area contributed by atoms with Gasteiger partial charge in [0.05, 0.1) is 50.0 Å². The molecule has 5 heterocycles. The van der Waals surface area contributed by atoms with Gasteiger partial charge < -0.3 is 23.6 Å². The van der Waals surface area contributed by atoms with Gasteiger partial charge in [0.25, 0.3) is 0 Å². The summed E-state index contributed by atoms with van der Waals surface area (Å²) < 4.78 is 9.59. The lowest BCUT2D eigenvalue weighted by atomic mass is 9.99. The van der Waals surface area contributed by atoms with Crippen LogP contribution in [0.25, 0.3) is 139 Å². The summed E-state index contributed by atoms with van der Waals surface area (Å²) in [6.07, 6.45) is 4.45. The molecule has 0 saturated heterocycles. The van der Waals surface area contributed by atoms with Gasteiger partial charge in [0.1, 0.15) is 0 Å². The quantitative estimate of drug-likeness (QED) is 0.170. The zero-order chi connectivity index (χ0) is 49.8. The molecule has 4 aromatic heterocycles. The van der Waals surface area contributed by atoms with Crippen molar-refractivity contribution in [3.05, 3.63) is 267 Å². The maximum atomic E-state index is 3.70. The Labute approximate surface area is 438 Å². The van der Waals surface area contributed by atoms with Crippen LogP contribution in [0.4, 0.5) is 5.69 Å². The predicted molar refractivity (Wildman–Crippen MR) is 320 cm³/mol.